The van der Waals surface area contributed by atoms with Gasteiger partial charge in [0.05, 0.1) is 23.5 Å². The number of aromatic nitrogens is 2. The number of hydrogen-bond acceptors (Lipinski definition) is 7. The van der Waals surface area contributed by atoms with E-state index in [0.717, 1.165) is 16.1 Å². The summed E-state index contributed by atoms with van der Waals surface area (Å²) in [6, 6.07) is 13.9. The van der Waals surface area contributed by atoms with Crippen molar-refractivity contribution in [2.75, 3.05) is 17.6 Å². The lowest BCUT2D eigenvalue weighted by molar-refractivity contribution is 0.0948. The Labute approximate surface area is 205 Å². The van der Waals surface area contributed by atoms with Crippen LogP contribution in [0.1, 0.15) is 42.6 Å². The van der Waals surface area contributed by atoms with Crippen LogP contribution in [0.5, 0.6) is 0 Å². The fraction of sp³-hybridized carbons (Fsp3) is 0.320. The zero-order valence-electron chi connectivity index (χ0n) is 20.4. The standard InChI is InChI=1S/C25H29N5O4S/c1-6-10-17(2)27-22(31)19-13-20(15-21(14-19)30(4)35(5,32)33)23-28-29-24(34-23)25(3,26)16-18-11-8-7-9-12-18/h7-9,11-15,17H,16,26H2,1-5H3,(H,27,31)/t17?,25-/m1/s1. The highest BCUT2D eigenvalue weighted by Crippen LogP contribution is 2.30. The number of anilines is 1. The second-order valence-electron chi connectivity index (χ2n) is 8.58. The van der Waals surface area contributed by atoms with E-state index >= 15 is 0 Å². The molecule has 1 unspecified atom stereocenters. The molecule has 0 saturated heterocycles. The van der Waals surface area contributed by atoms with Gasteiger partial charge in [0.1, 0.15) is 0 Å². The Balaban J connectivity index is 2.01. The molecule has 0 aliphatic heterocycles. The van der Waals surface area contributed by atoms with Gasteiger partial charge in [-0.25, -0.2) is 8.42 Å². The number of amides is 1. The summed E-state index contributed by atoms with van der Waals surface area (Å²) in [6.45, 7) is 5.22. The molecular weight excluding hydrogens is 466 g/mol. The zero-order chi connectivity index (χ0) is 25.8. The van der Waals surface area contributed by atoms with E-state index in [0.29, 0.717) is 12.0 Å². The molecule has 0 spiro atoms. The van der Waals surface area contributed by atoms with Crippen LogP contribution in [0.4, 0.5) is 5.69 Å². The molecule has 0 aliphatic carbocycles. The lowest BCUT2D eigenvalue weighted by Gasteiger charge is -2.20. The minimum absolute atomic E-state index is 0.115. The molecule has 10 heteroatoms. The molecule has 0 saturated carbocycles. The van der Waals surface area contributed by atoms with E-state index in [2.05, 4.69) is 27.4 Å². The van der Waals surface area contributed by atoms with Crippen molar-refractivity contribution in [1.82, 2.24) is 15.5 Å². The molecule has 3 rings (SSSR count). The van der Waals surface area contributed by atoms with Gasteiger partial charge in [0.15, 0.2) is 0 Å². The third-order valence-electron chi connectivity index (χ3n) is 5.32. The first-order valence-electron chi connectivity index (χ1n) is 10.9. The van der Waals surface area contributed by atoms with E-state index in [1.54, 1.807) is 32.9 Å². The molecule has 1 aromatic heterocycles. The van der Waals surface area contributed by atoms with Crippen LogP contribution in [0, 0.1) is 11.8 Å². The Hall–Kier alpha value is -3.68. The summed E-state index contributed by atoms with van der Waals surface area (Å²) < 4.78 is 31.3. The SMILES string of the molecule is CC#CC(C)NC(=O)c1cc(-c2nnc([C@](C)(N)Cc3ccccc3)o2)cc(N(C)S(C)(=O)=O)c1. The van der Waals surface area contributed by atoms with Crippen molar-refractivity contribution in [3.05, 3.63) is 65.5 Å². The minimum Gasteiger partial charge on any atom is -0.419 e. The largest absolute Gasteiger partial charge is 0.419 e. The van der Waals surface area contributed by atoms with E-state index in [1.165, 1.54) is 13.1 Å². The molecule has 0 bridgehead atoms. The van der Waals surface area contributed by atoms with Crippen molar-refractivity contribution < 1.29 is 17.6 Å². The summed E-state index contributed by atoms with van der Waals surface area (Å²) in [4.78, 5) is 12.9. The lowest BCUT2D eigenvalue weighted by atomic mass is 9.94. The van der Waals surface area contributed by atoms with Crippen molar-refractivity contribution in [3.63, 3.8) is 0 Å². The Morgan fingerprint density at radius 1 is 1.23 bits per heavy atom. The number of benzene rings is 2. The fourth-order valence-electron chi connectivity index (χ4n) is 3.44. The Kier molecular flexibility index (Phi) is 7.63. The van der Waals surface area contributed by atoms with Gasteiger partial charge in [0.2, 0.25) is 21.8 Å². The summed E-state index contributed by atoms with van der Waals surface area (Å²) in [5, 5.41) is 11.0. The van der Waals surface area contributed by atoms with Gasteiger partial charge in [-0.05, 0) is 51.0 Å². The number of sulfonamides is 1. The molecule has 9 nitrogen and oxygen atoms in total. The highest BCUT2D eigenvalue weighted by Gasteiger charge is 2.29. The first kappa shape index (κ1) is 25.9. The van der Waals surface area contributed by atoms with E-state index in [4.69, 9.17) is 10.2 Å². The van der Waals surface area contributed by atoms with Crippen LogP contribution in [0.2, 0.25) is 0 Å². The van der Waals surface area contributed by atoms with Gasteiger partial charge in [-0.1, -0.05) is 36.3 Å². The number of rotatable bonds is 8. The molecule has 0 fully saturated rings. The van der Waals surface area contributed by atoms with Crippen molar-refractivity contribution in [2.24, 2.45) is 5.73 Å². The third-order valence-corrected chi connectivity index (χ3v) is 6.53. The number of nitrogens with two attached hydrogens (primary N) is 1. The molecule has 2 aromatic carbocycles. The molecule has 0 radical (unpaired) electrons. The number of nitrogens with zero attached hydrogens (tertiary/aromatic N) is 3. The van der Waals surface area contributed by atoms with Gasteiger partial charge in [-0.15, -0.1) is 16.1 Å². The monoisotopic (exact) mass is 495 g/mol. The van der Waals surface area contributed by atoms with Gasteiger partial charge in [-0.2, -0.15) is 0 Å². The van der Waals surface area contributed by atoms with Crippen LogP contribution in [-0.4, -0.2) is 43.9 Å². The fourth-order valence-corrected chi connectivity index (χ4v) is 3.93. The highest BCUT2D eigenvalue weighted by atomic mass is 32.2. The van der Waals surface area contributed by atoms with Crippen molar-refractivity contribution in [2.45, 2.75) is 38.8 Å². The van der Waals surface area contributed by atoms with Crippen molar-refractivity contribution in [1.29, 1.82) is 0 Å². The predicted molar refractivity (Wildman–Crippen MR) is 135 cm³/mol. The molecule has 184 valence electrons. The highest BCUT2D eigenvalue weighted by molar-refractivity contribution is 7.92. The second kappa shape index (κ2) is 10.3. The summed E-state index contributed by atoms with van der Waals surface area (Å²) in [5.41, 5.74) is 7.43. The van der Waals surface area contributed by atoms with Crippen LogP contribution in [0.15, 0.2) is 52.9 Å². The predicted octanol–water partition coefficient (Wildman–Crippen LogP) is 2.69. The molecular formula is C25H29N5O4S. The van der Waals surface area contributed by atoms with Crippen LogP contribution < -0.4 is 15.4 Å². The topological polar surface area (TPSA) is 131 Å². The number of carbonyl (C=O) groups is 1. The van der Waals surface area contributed by atoms with Crippen molar-refractivity contribution in [3.8, 4) is 23.3 Å². The lowest BCUT2D eigenvalue weighted by Crippen LogP contribution is -2.35. The first-order chi connectivity index (χ1) is 16.4. The van der Waals surface area contributed by atoms with Crippen molar-refractivity contribution >= 4 is 21.6 Å². The number of nitrogens with one attached hydrogen (secondary N) is 1. The maximum Gasteiger partial charge on any atom is 0.252 e. The molecule has 0 aliphatic rings. The Bertz CT molecular complexity index is 1370. The maximum atomic E-state index is 12.9. The van der Waals surface area contributed by atoms with Gasteiger partial charge >= 0.3 is 0 Å². The average molecular weight is 496 g/mol. The summed E-state index contributed by atoms with van der Waals surface area (Å²) in [5.74, 6) is 5.51. The molecule has 3 N–H and O–H groups in total. The Morgan fingerprint density at radius 2 is 1.91 bits per heavy atom. The molecule has 1 amide bonds. The summed E-state index contributed by atoms with van der Waals surface area (Å²) in [7, 11) is -2.19. The van der Waals surface area contributed by atoms with Gasteiger partial charge < -0.3 is 15.5 Å². The molecule has 35 heavy (non-hydrogen) atoms. The zero-order valence-corrected chi connectivity index (χ0v) is 21.2. The minimum atomic E-state index is -3.59. The van der Waals surface area contributed by atoms with E-state index in [9.17, 15) is 13.2 Å². The first-order valence-corrected chi connectivity index (χ1v) is 12.7. The average Bonchev–Trinajstić information content (AvgIpc) is 3.30. The van der Waals surface area contributed by atoms with Crippen LogP contribution >= 0.6 is 0 Å². The smallest absolute Gasteiger partial charge is 0.252 e. The summed E-state index contributed by atoms with van der Waals surface area (Å²) >= 11 is 0. The van der Waals surface area contributed by atoms with Gasteiger partial charge in [0.25, 0.3) is 5.91 Å². The normalized spacial score (nSPS) is 13.8. The van der Waals surface area contributed by atoms with Crippen LogP contribution in [0.3, 0.4) is 0 Å². The Morgan fingerprint density at radius 3 is 2.54 bits per heavy atom. The quantitative estimate of drug-likeness (QED) is 0.459. The van der Waals surface area contributed by atoms with Crippen LogP contribution in [0.25, 0.3) is 11.5 Å². The molecule has 3 aromatic rings. The maximum absolute atomic E-state index is 12.9. The van der Waals surface area contributed by atoms with E-state index < -0.39 is 27.5 Å². The van der Waals surface area contributed by atoms with Gasteiger partial charge in [-0.3, -0.25) is 9.10 Å². The number of carbonyl (C=O) groups excluding carboxylic acids is 1. The molecule has 2 atom stereocenters. The third kappa shape index (κ3) is 6.47. The molecule has 1 heterocycles. The van der Waals surface area contributed by atoms with E-state index in [-0.39, 0.29) is 23.0 Å². The van der Waals surface area contributed by atoms with Crippen LogP contribution in [-0.2, 0) is 22.0 Å². The number of hydrogen-bond donors (Lipinski definition) is 2. The van der Waals surface area contributed by atoms with E-state index in [1.807, 2.05) is 30.3 Å². The summed E-state index contributed by atoms with van der Waals surface area (Å²) in [6.07, 6.45) is 1.54. The van der Waals surface area contributed by atoms with Gasteiger partial charge in [0, 0.05) is 18.2 Å². The second-order valence-corrected chi connectivity index (χ2v) is 10.6.